The summed E-state index contributed by atoms with van der Waals surface area (Å²) in [5.41, 5.74) is -0.181. The van der Waals surface area contributed by atoms with Crippen LogP contribution in [0.25, 0.3) is 0 Å². The van der Waals surface area contributed by atoms with E-state index in [-0.39, 0.29) is 12.3 Å². The topological polar surface area (TPSA) is 47.6 Å². The maximum atomic E-state index is 10.1. The van der Waals surface area contributed by atoms with Crippen molar-refractivity contribution in [1.82, 2.24) is 5.32 Å². The fraction of sp³-hybridized carbons (Fsp3) is 0.875. The van der Waals surface area contributed by atoms with E-state index in [0.717, 1.165) is 6.29 Å². The lowest BCUT2D eigenvalue weighted by Gasteiger charge is -2.24. The van der Waals surface area contributed by atoms with Gasteiger partial charge in [0.25, 0.3) is 0 Å². The number of hydrogen-bond acceptors (Lipinski definition) is 4. The predicted octanol–water partition coefficient (Wildman–Crippen LogP) is 0.174. The van der Waals surface area contributed by atoms with Crippen molar-refractivity contribution in [1.29, 1.82) is 0 Å². The first-order chi connectivity index (χ1) is 5.62. The molecule has 0 fully saturated rings. The molecule has 0 aliphatic carbocycles. The van der Waals surface area contributed by atoms with Gasteiger partial charge in [-0.25, -0.2) is 0 Å². The largest absolute Gasteiger partial charge is 0.359 e. The summed E-state index contributed by atoms with van der Waals surface area (Å²) in [5.74, 6) is 0. The Balaban J connectivity index is 3.48. The van der Waals surface area contributed by atoms with E-state index in [9.17, 15) is 4.79 Å². The zero-order valence-electron chi connectivity index (χ0n) is 7.92. The van der Waals surface area contributed by atoms with Gasteiger partial charge < -0.3 is 19.6 Å². The van der Waals surface area contributed by atoms with Crippen LogP contribution in [0, 0.1) is 0 Å². The number of hydrogen-bond donors (Lipinski definition) is 1. The highest BCUT2D eigenvalue weighted by molar-refractivity contribution is 5.52. The third-order valence-corrected chi connectivity index (χ3v) is 1.33. The van der Waals surface area contributed by atoms with Crippen LogP contribution < -0.4 is 5.32 Å². The molecule has 0 aromatic carbocycles. The molecule has 0 spiro atoms. The van der Waals surface area contributed by atoms with Crippen LogP contribution in [0.4, 0.5) is 0 Å². The standard InChI is InChI=1S/C8H17NO3/c1-8(2,9-4-5-10)6-12-7-11-3/h5,9H,4,6-7H2,1-3H3. The van der Waals surface area contributed by atoms with Crippen molar-refractivity contribution in [2.75, 3.05) is 27.1 Å². The number of ether oxygens (including phenoxy) is 2. The van der Waals surface area contributed by atoms with Gasteiger partial charge in [0.15, 0.2) is 0 Å². The molecule has 0 aliphatic rings. The van der Waals surface area contributed by atoms with Gasteiger partial charge in [0.2, 0.25) is 0 Å². The maximum absolute atomic E-state index is 10.1. The van der Waals surface area contributed by atoms with Crippen molar-refractivity contribution in [3.63, 3.8) is 0 Å². The summed E-state index contributed by atoms with van der Waals surface area (Å²) in [6.45, 7) is 5.09. The molecule has 12 heavy (non-hydrogen) atoms. The molecule has 0 amide bonds. The summed E-state index contributed by atoms with van der Waals surface area (Å²) < 4.78 is 9.87. The van der Waals surface area contributed by atoms with Crippen molar-refractivity contribution in [2.24, 2.45) is 0 Å². The molecule has 0 unspecified atom stereocenters. The monoisotopic (exact) mass is 175 g/mol. The lowest BCUT2D eigenvalue weighted by molar-refractivity contribution is -0.107. The van der Waals surface area contributed by atoms with Gasteiger partial charge in [-0.05, 0) is 13.8 Å². The van der Waals surface area contributed by atoms with Crippen LogP contribution in [-0.4, -0.2) is 38.9 Å². The molecule has 0 atom stereocenters. The third kappa shape index (κ3) is 6.27. The van der Waals surface area contributed by atoms with Crippen LogP contribution >= 0.6 is 0 Å². The summed E-state index contributed by atoms with van der Waals surface area (Å²) in [7, 11) is 1.58. The zero-order valence-corrected chi connectivity index (χ0v) is 7.92. The van der Waals surface area contributed by atoms with Gasteiger partial charge in [-0.15, -0.1) is 0 Å². The Morgan fingerprint density at radius 3 is 2.67 bits per heavy atom. The normalized spacial score (nSPS) is 11.6. The average Bonchev–Trinajstić information content (AvgIpc) is 2.01. The zero-order chi connectivity index (χ0) is 9.45. The SMILES string of the molecule is COCOCC(C)(C)NCC=O. The summed E-state index contributed by atoms with van der Waals surface area (Å²) in [6, 6.07) is 0. The molecular weight excluding hydrogens is 158 g/mol. The van der Waals surface area contributed by atoms with Crippen molar-refractivity contribution in [3.05, 3.63) is 0 Å². The molecular formula is C8H17NO3. The highest BCUT2D eigenvalue weighted by Crippen LogP contribution is 2.01. The minimum atomic E-state index is -0.181. The van der Waals surface area contributed by atoms with E-state index in [1.54, 1.807) is 7.11 Å². The van der Waals surface area contributed by atoms with Gasteiger partial charge in [0.1, 0.15) is 13.1 Å². The fourth-order valence-corrected chi connectivity index (χ4v) is 0.749. The lowest BCUT2D eigenvalue weighted by Crippen LogP contribution is -2.44. The van der Waals surface area contributed by atoms with E-state index in [0.29, 0.717) is 13.2 Å². The van der Waals surface area contributed by atoms with Gasteiger partial charge in [0.05, 0.1) is 13.2 Å². The smallest absolute Gasteiger partial charge is 0.146 e. The minimum absolute atomic E-state index is 0.181. The first-order valence-electron chi connectivity index (χ1n) is 3.88. The average molecular weight is 175 g/mol. The Bertz CT molecular complexity index is 125. The molecule has 0 saturated carbocycles. The Morgan fingerprint density at radius 1 is 1.50 bits per heavy atom. The molecule has 1 N–H and O–H groups in total. The maximum Gasteiger partial charge on any atom is 0.146 e. The fourth-order valence-electron chi connectivity index (χ4n) is 0.749. The van der Waals surface area contributed by atoms with E-state index in [4.69, 9.17) is 9.47 Å². The van der Waals surface area contributed by atoms with Crippen molar-refractivity contribution in [3.8, 4) is 0 Å². The van der Waals surface area contributed by atoms with Crippen LogP contribution in [0.5, 0.6) is 0 Å². The van der Waals surface area contributed by atoms with Crippen LogP contribution in [0.15, 0.2) is 0 Å². The second-order valence-corrected chi connectivity index (χ2v) is 3.19. The van der Waals surface area contributed by atoms with Crippen molar-refractivity contribution < 1.29 is 14.3 Å². The number of nitrogens with one attached hydrogen (secondary N) is 1. The van der Waals surface area contributed by atoms with E-state index in [1.165, 1.54) is 0 Å². The number of carbonyl (C=O) groups is 1. The molecule has 0 aliphatic heterocycles. The lowest BCUT2D eigenvalue weighted by atomic mass is 10.1. The first-order valence-corrected chi connectivity index (χ1v) is 3.88. The van der Waals surface area contributed by atoms with E-state index in [2.05, 4.69) is 5.32 Å². The molecule has 0 aromatic rings. The molecule has 0 radical (unpaired) electrons. The second kappa shape index (κ2) is 6.11. The third-order valence-electron chi connectivity index (χ3n) is 1.33. The van der Waals surface area contributed by atoms with Crippen molar-refractivity contribution in [2.45, 2.75) is 19.4 Å². The Morgan fingerprint density at radius 2 is 2.17 bits per heavy atom. The summed E-state index contributed by atoms with van der Waals surface area (Å²) in [6.07, 6.45) is 0.831. The van der Waals surface area contributed by atoms with Gasteiger partial charge in [0, 0.05) is 12.6 Å². The van der Waals surface area contributed by atoms with Crippen LogP contribution in [-0.2, 0) is 14.3 Å². The molecule has 4 nitrogen and oxygen atoms in total. The van der Waals surface area contributed by atoms with Crippen molar-refractivity contribution >= 4 is 6.29 Å². The first kappa shape index (κ1) is 11.6. The number of rotatable bonds is 7. The summed E-state index contributed by atoms with van der Waals surface area (Å²) in [5, 5.41) is 3.02. The van der Waals surface area contributed by atoms with E-state index in [1.807, 2.05) is 13.8 Å². The highest BCUT2D eigenvalue weighted by atomic mass is 16.7. The molecule has 0 aromatic heterocycles. The Kier molecular flexibility index (Phi) is 5.88. The second-order valence-electron chi connectivity index (χ2n) is 3.19. The number of carbonyl (C=O) groups excluding carboxylic acids is 1. The summed E-state index contributed by atoms with van der Waals surface area (Å²) in [4.78, 5) is 10.1. The molecule has 0 rings (SSSR count). The molecule has 0 bridgehead atoms. The Labute approximate surface area is 73.2 Å². The number of aldehydes is 1. The summed E-state index contributed by atoms with van der Waals surface area (Å²) >= 11 is 0. The molecule has 72 valence electrons. The molecule has 0 heterocycles. The van der Waals surface area contributed by atoms with Gasteiger partial charge in [-0.3, -0.25) is 0 Å². The van der Waals surface area contributed by atoms with Gasteiger partial charge in [-0.1, -0.05) is 0 Å². The van der Waals surface area contributed by atoms with E-state index < -0.39 is 0 Å². The van der Waals surface area contributed by atoms with E-state index >= 15 is 0 Å². The highest BCUT2D eigenvalue weighted by Gasteiger charge is 2.16. The minimum Gasteiger partial charge on any atom is -0.359 e. The van der Waals surface area contributed by atoms with Gasteiger partial charge >= 0.3 is 0 Å². The molecule has 0 saturated heterocycles. The number of methoxy groups -OCH3 is 1. The van der Waals surface area contributed by atoms with Crippen LogP contribution in [0.1, 0.15) is 13.8 Å². The van der Waals surface area contributed by atoms with Crippen LogP contribution in [0.3, 0.4) is 0 Å². The quantitative estimate of drug-likeness (QED) is 0.340. The van der Waals surface area contributed by atoms with Crippen LogP contribution in [0.2, 0.25) is 0 Å². The Hall–Kier alpha value is -0.450. The predicted molar refractivity (Wildman–Crippen MR) is 46.0 cm³/mol. The van der Waals surface area contributed by atoms with Gasteiger partial charge in [-0.2, -0.15) is 0 Å². The molecule has 4 heteroatoms.